The smallest absolute Gasteiger partial charge is 0.457 e. The zero-order chi connectivity index (χ0) is 35.9. The van der Waals surface area contributed by atoms with Gasteiger partial charge in [0.25, 0.3) is 0 Å². The van der Waals surface area contributed by atoms with E-state index in [0.29, 0.717) is 13.0 Å². The third kappa shape index (κ3) is 38.1. The summed E-state index contributed by atoms with van der Waals surface area (Å²) in [6, 6.07) is 0. The number of ether oxygens (including phenoxy) is 2. The highest BCUT2D eigenvalue weighted by Crippen LogP contribution is 2.43. The number of phosphoric acid groups is 1. The van der Waals surface area contributed by atoms with E-state index in [1.54, 1.807) is 0 Å². The summed E-state index contributed by atoms with van der Waals surface area (Å²) in [5, 5.41) is 0. The van der Waals surface area contributed by atoms with Crippen LogP contribution in [0, 0.1) is 0 Å². The Labute approximate surface area is 302 Å². The Balaban J connectivity index is 4.03. The maximum absolute atomic E-state index is 12.5. The van der Waals surface area contributed by atoms with Gasteiger partial charge in [0.05, 0.1) is 19.8 Å². The average molecular weight is 716 g/mol. The van der Waals surface area contributed by atoms with Gasteiger partial charge in [-0.25, -0.2) is 4.57 Å². The van der Waals surface area contributed by atoms with Crippen LogP contribution in [0.15, 0.2) is 24.3 Å². The lowest BCUT2D eigenvalue weighted by molar-refractivity contribution is -0.154. The highest BCUT2D eigenvalue weighted by atomic mass is 31.2. The number of hydrogen-bond donors (Lipinski definition) is 2. The SMILES string of the molecule is CCC/C=C\C/C=C\CCCCCCCC(=O)OC(COCCCCCCCCCCCCCCCCCCC)COP(=O)(O)OCCN. The molecule has 290 valence electrons. The summed E-state index contributed by atoms with van der Waals surface area (Å²) in [6.07, 6.45) is 40.5. The van der Waals surface area contributed by atoms with E-state index in [4.69, 9.17) is 24.3 Å². The molecule has 0 heterocycles. The first kappa shape index (κ1) is 48.0. The number of phosphoric ester groups is 1. The van der Waals surface area contributed by atoms with Crippen LogP contribution in [-0.4, -0.2) is 49.9 Å². The van der Waals surface area contributed by atoms with Gasteiger partial charge in [-0.3, -0.25) is 13.8 Å². The molecule has 0 amide bonds. The molecule has 8 nitrogen and oxygen atoms in total. The first-order chi connectivity index (χ1) is 23.9. The molecule has 0 aromatic carbocycles. The van der Waals surface area contributed by atoms with Crippen LogP contribution in [-0.2, 0) is 27.9 Å². The Hall–Kier alpha value is -1.02. The van der Waals surface area contributed by atoms with Gasteiger partial charge in [0.2, 0.25) is 0 Å². The molecule has 49 heavy (non-hydrogen) atoms. The number of carbonyl (C=O) groups excluding carboxylic acids is 1. The van der Waals surface area contributed by atoms with Gasteiger partial charge in [-0.1, -0.05) is 167 Å². The Morgan fingerprint density at radius 1 is 0.612 bits per heavy atom. The quantitative estimate of drug-likeness (QED) is 0.0279. The fourth-order valence-corrected chi connectivity index (χ4v) is 6.39. The highest BCUT2D eigenvalue weighted by molar-refractivity contribution is 7.47. The van der Waals surface area contributed by atoms with Crippen LogP contribution in [0.2, 0.25) is 0 Å². The Morgan fingerprint density at radius 2 is 1.12 bits per heavy atom. The van der Waals surface area contributed by atoms with Crippen LogP contribution in [0.5, 0.6) is 0 Å². The largest absolute Gasteiger partial charge is 0.472 e. The second-order valence-corrected chi connectivity index (χ2v) is 15.0. The lowest BCUT2D eigenvalue weighted by atomic mass is 10.0. The summed E-state index contributed by atoms with van der Waals surface area (Å²) >= 11 is 0. The molecule has 2 unspecified atom stereocenters. The van der Waals surface area contributed by atoms with Crippen LogP contribution in [0.1, 0.15) is 187 Å². The number of esters is 1. The summed E-state index contributed by atoms with van der Waals surface area (Å²) in [6.45, 7) is 4.86. The zero-order valence-corrected chi connectivity index (χ0v) is 32.8. The van der Waals surface area contributed by atoms with Crippen molar-refractivity contribution < 1.29 is 32.8 Å². The van der Waals surface area contributed by atoms with Gasteiger partial charge in [-0.15, -0.1) is 0 Å². The van der Waals surface area contributed by atoms with Crippen LogP contribution in [0.4, 0.5) is 0 Å². The van der Waals surface area contributed by atoms with Crippen LogP contribution in [0.25, 0.3) is 0 Å². The number of carbonyl (C=O) groups is 1. The van der Waals surface area contributed by atoms with Crippen molar-refractivity contribution in [3.8, 4) is 0 Å². The average Bonchev–Trinajstić information content (AvgIpc) is 3.09. The molecule has 0 aliphatic rings. The van der Waals surface area contributed by atoms with Crippen molar-refractivity contribution in [2.45, 2.75) is 193 Å². The lowest BCUT2D eigenvalue weighted by Gasteiger charge is -2.20. The maximum Gasteiger partial charge on any atom is 0.472 e. The normalized spacial score (nSPS) is 13.8. The molecule has 0 saturated heterocycles. The predicted octanol–water partition coefficient (Wildman–Crippen LogP) is 11.7. The van der Waals surface area contributed by atoms with Gasteiger partial charge in [-0.2, -0.15) is 0 Å². The molecule has 0 bridgehead atoms. The second-order valence-electron chi connectivity index (χ2n) is 13.5. The predicted molar refractivity (Wildman–Crippen MR) is 206 cm³/mol. The van der Waals surface area contributed by atoms with Crippen molar-refractivity contribution in [3.05, 3.63) is 24.3 Å². The summed E-state index contributed by atoms with van der Waals surface area (Å²) in [5.74, 6) is -0.343. The first-order valence-corrected chi connectivity index (χ1v) is 21.8. The molecule has 0 aromatic heterocycles. The zero-order valence-electron chi connectivity index (χ0n) is 31.9. The fourth-order valence-electron chi connectivity index (χ4n) is 5.62. The summed E-state index contributed by atoms with van der Waals surface area (Å²) in [4.78, 5) is 22.4. The molecule has 0 aromatic rings. The van der Waals surface area contributed by atoms with Gasteiger partial charge >= 0.3 is 13.8 Å². The van der Waals surface area contributed by atoms with Gasteiger partial charge in [0.1, 0.15) is 6.10 Å². The van der Waals surface area contributed by atoms with Crippen molar-refractivity contribution in [1.29, 1.82) is 0 Å². The van der Waals surface area contributed by atoms with Crippen molar-refractivity contribution >= 4 is 13.8 Å². The highest BCUT2D eigenvalue weighted by Gasteiger charge is 2.25. The van der Waals surface area contributed by atoms with E-state index in [2.05, 4.69) is 38.2 Å². The molecule has 0 aliphatic heterocycles. The monoisotopic (exact) mass is 716 g/mol. The molecule has 0 fully saturated rings. The molecule has 3 N–H and O–H groups in total. The summed E-state index contributed by atoms with van der Waals surface area (Å²) in [7, 11) is -4.27. The van der Waals surface area contributed by atoms with E-state index in [1.807, 2.05) is 0 Å². The number of rotatable bonds is 39. The Morgan fingerprint density at radius 3 is 1.67 bits per heavy atom. The fraction of sp³-hybridized carbons (Fsp3) is 0.875. The number of unbranched alkanes of at least 4 members (excludes halogenated alkanes) is 22. The molecule has 0 spiro atoms. The number of hydrogen-bond acceptors (Lipinski definition) is 7. The molecule has 0 saturated carbocycles. The Kier molecular flexibility index (Phi) is 37.4. The van der Waals surface area contributed by atoms with Crippen molar-refractivity contribution in [2.24, 2.45) is 5.73 Å². The number of allylic oxidation sites excluding steroid dienone is 4. The van der Waals surface area contributed by atoms with Gasteiger partial charge in [-0.05, 0) is 38.5 Å². The molecule has 0 aliphatic carbocycles. The van der Waals surface area contributed by atoms with E-state index in [9.17, 15) is 14.3 Å². The van der Waals surface area contributed by atoms with Crippen LogP contribution < -0.4 is 5.73 Å². The molecular formula is C40H78NO7P. The minimum atomic E-state index is -4.27. The minimum Gasteiger partial charge on any atom is -0.457 e. The van der Waals surface area contributed by atoms with Crippen molar-refractivity contribution in [1.82, 2.24) is 0 Å². The van der Waals surface area contributed by atoms with Gasteiger partial charge in [0.15, 0.2) is 0 Å². The summed E-state index contributed by atoms with van der Waals surface area (Å²) < 4.78 is 33.3. The van der Waals surface area contributed by atoms with Crippen LogP contribution >= 0.6 is 7.82 Å². The second kappa shape index (κ2) is 38.2. The lowest BCUT2D eigenvalue weighted by Crippen LogP contribution is -2.28. The maximum atomic E-state index is 12.5. The van der Waals surface area contributed by atoms with Crippen molar-refractivity contribution in [3.63, 3.8) is 0 Å². The standard InChI is InChI=1S/C40H78NO7P/c1-3-5-7-9-11-13-15-17-18-19-20-22-24-26-28-30-32-35-45-37-39(38-47-49(43,44)46-36-34-41)48-40(42)33-31-29-27-25-23-21-16-14-12-10-8-6-4-2/h8,10,14,16,39H,3-7,9,11-13,15,17-38,41H2,1-2H3,(H,43,44)/b10-8-,16-14-. The Bertz CT molecular complexity index is 807. The topological polar surface area (TPSA) is 117 Å². The van der Waals surface area contributed by atoms with Gasteiger partial charge in [0, 0.05) is 19.6 Å². The number of nitrogens with two attached hydrogens (primary N) is 1. The van der Waals surface area contributed by atoms with Crippen LogP contribution in [0.3, 0.4) is 0 Å². The molecule has 2 atom stereocenters. The van der Waals surface area contributed by atoms with E-state index < -0.39 is 13.9 Å². The van der Waals surface area contributed by atoms with E-state index in [0.717, 1.165) is 64.2 Å². The van der Waals surface area contributed by atoms with E-state index in [-0.39, 0.29) is 32.3 Å². The molecule has 0 radical (unpaired) electrons. The third-order valence-electron chi connectivity index (χ3n) is 8.60. The first-order valence-electron chi connectivity index (χ1n) is 20.3. The van der Waals surface area contributed by atoms with E-state index >= 15 is 0 Å². The minimum absolute atomic E-state index is 0.0965. The van der Waals surface area contributed by atoms with Crippen molar-refractivity contribution in [2.75, 3.05) is 33.0 Å². The molecule has 9 heteroatoms. The van der Waals surface area contributed by atoms with E-state index in [1.165, 1.54) is 103 Å². The molecular weight excluding hydrogens is 637 g/mol. The summed E-state index contributed by atoms with van der Waals surface area (Å²) in [5.41, 5.74) is 5.36. The third-order valence-corrected chi connectivity index (χ3v) is 9.59. The van der Waals surface area contributed by atoms with Gasteiger partial charge < -0.3 is 20.1 Å². The molecule has 0 rings (SSSR count).